The summed E-state index contributed by atoms with van der Waals surface area (Å²) in [5.74, 6) is 1.25. The van der Waals surface area contributed by atoms with Gasteiger partial charge in [-0.25, -0.2) is 4.98 Å². The highest BCUT2D eigenvalue weighted by Crippen LogP contribution is 2.39. The molecular formula is C17H18BrN3O3S. The molecule has 0 spiro atoms. The number of methoxy groups -OCH3 is 1. The van der Waals surface area contributed by atoms with Gasteiger partial charge in [-0.1, -0.05) is 34.6 Å². The Balaban J connectivity index is 2.12. The van der Waals surface area contributed by atoms with Crippen LogP contribution in [-0.2, 0) is 4.79 Å². The summed E-state index contributed by atoms with van der Waals surface area (Å²) in [5.41, 5.74) is 1.03. The molecule has 0 saturated heterocycles. The van der Waals surface area contributed by atoms with Crippen LogP contribution in [0.25, 0.3) is 0 Å². The Morgan fingerprint density at radius 1 is 1.40 bits per heavy atom. The van der Waals surface area contributed by atoms with E-state index in [1.807, 2.05) is 18.2 Å². The van der Waals surface area contributed by atoms with E-state index >= 15 is 0 Å². The number of halogens is 1. The van der Waals surface area contributed by atoms with Gasteiger partial charge in [-0.3, -0.25) is 9.59 Å². The van der Waals surface area contributed by atoms with Gasteiger partial charge in [-0.2, -0.15) is 0 Å². The summed E-state index contributed by atoms with van der Waals surface area (Å²) in [4.78, 5) is 32.2. The van der Waals surface area contributed by atoms with Crippen molar-refractivity contribution >= 4 is 39.4 Å². The van der Waals surface area contributed by atoms with E-state index in [2.05, 4.69) is 38.1 Å². The Hall–Kier alpha value is -1.80. The number of carbonyl (C=O) groups is 1. The molecule has 0 aliphatic carbocycles. The second kappa shape index (κ2) is 7.61. The summed E-state index contributed by atoms with van der Waals surface area (Å²) < 4.78 is 6.29. The Morgan fingerprint density at radius 3 is 2.92 bits per heavy atom. The van der Waals surface area contributed by atoms with Crippen LogP contribution in [0.2, 0.25) is 0 Å². The van der Waals surface area contributed by atoms with Crippen LogP contribution in [0.1, 0.15) is 36.8 Å². The number of rotatable bonds is 5. The molecule has 1 aliphatic heterocycles. The summed E-state index contributed by atoms with van der Waals surface area (Å²) in [6, 6.07) is 5.56. The van der Waals surface area contributed by atoms with Crippen molar-refractivity contribution in [2.75, 3.05) is 18.2 Å². The number of ether oxygens (including phenoxy) is 1. The van der Waals surface area contributed by atoms with Crippen LogP contribution in [0.4, 0.5) is 5.82 Å². The molecule has 2 N–H and O–H groups in total. The minimum atomic E-state index is -0.405. The van der Waals surface area contributed by atoms with Crippen molar-refractivity contribution in [3.8, 4) is 5.75 Å². The van der Waals surface area contributed by atoms with Crippen LogP contribution >= 0.6 is 27.7 Å². The number of nitrogens with zero attached hydrogens (tertiary/aromatic N) is 1. The summed E-state index contributed by atoms with van der Waals surface area (Å²) in [7, 11) is 1.57. The van der Waals surface area contributed by atoms with Crippen molar-refractivity contribution in [2.24, 2.45) is 0 Å². The number of amides is 1. The maximum absolute atomic E-state index is 12.7. The van der Waals surface area contributed by atoms with Gasteiger partial charge in [0.25, 0.3) is 5.56 Å². The molecule has 0 unspecified atom stereocenters. The smallest absolute Gasteiger partial charge is 0.257 e. The number of fused-ring (bicyclic) bond motifs is 1. The Kier molecular flexibility index (Phi) is 5.48. The van der Waals surface area contributed by atoms with E-state index < -0.39 is 5.92 Å². The molecule has 1 aromatic carbocycles. The normalized spacial score (nSPS) is 16.3. The molecule has 0 radical (unpaired) electrons. The zero-order chi connectivity index (χ0) is 18.0. The van der Waals surface area contributed by atoms with Crippen molar-refractivity contribution < 1.29 is 9.53 Å². The monoisotopic (exact) mass is 423 g/mol. The van der Waals surface area contributed by atoms with E-state index in [1.54, 1.807) is 7.11 Å². The predicted octanol–water partition coefficient (Wildman–Crippen LogP) is 3.52. The van der Waals surface area contributed by atoms with Gasteiger partial charge in [0.2, 0.25) is 5.91 Å². The number of carbonyl (C=O) groups excluding carboxylic acids is 1. The second-order valence-electron chi connectivity index (χ2n) is 5.67. The fraction of sp³-hybridized carbons (Fsp3) is 0.353. The number of anilines is 1. The van der Waals surface area contributed by atoms with Crippen molar-refractivity contribution in [3.63, 3.8) is 0 Å². The van der Waals surface area contributed by atoms with Gasteiger partial charge in [0, 0.05) is 28.1 Å². The highest BCUT2D eigenvalue weighted by Gasteiger charge is 2.32. The SMILES string of the molecule is CCCSc1nc2c(c(=O)[nH]1)[C@@H](c1cc(Br)ccc1OC)CC(=O)N2. The third-order valence-corrected chi connectivity index (χ3v) is 5.51. The van der Waals surface area contributed by atoms with Crippen LogP contribution in [-0.4, -0.2) is 28.7 Å². The summed E-state index contributed by atoms with van der Waals surface area (Å²) in [6.45, 7) is 2.06. The molecule has 2 heterocycles. The third-order valence-electron chi connectivity index (χ3n) is 3.94. The molecule has 6 nitrogen and oxygen atoms in total. The average molecular weight is 424 g/mol. The van der Waals surface area contributed by atoms with E-state index in [0.717, 1.165) is 22.2 Å². The standard InChI is InChI=1S/C17H18BrN3O3S/c1-3-6-25-17-20-15-14(16(23)21-17)11(8-13(22)19-15)10-7-9(18)4-5-12(10)24-2/h4-5,7,11H,3,6,8H2,1-2H3,(H2,19,20,21,22,23)/t11-/m1/s1. The second-order valence-corrected chi connectivity index (χ2v) is 7.67. The first-order valence-corrected chi connectivity index (χ1v) is 9.71. The molecule has 8 heteroatoms. The minimum Gasteiger partial charge on any atom is -0.496 e. The number of thioether (sulfide) groups is 1. The zero-order valence-corrected chi connectivity index (χ0v) is 16.3. The van der Waals surface area contributed by atoms with E-state index in [0.29, 0.717) is 22.3 Å². The van der Waals surface area contributed by atoms with Crippen LogP contribution in [0, 0.1) is 0 Å². The van der Waals surface area contributed by atoms with Gasteiger partial charge in [-0.05, 0) is 24.6 Å². The van der Waals surface area contributed by atoms with Crippen molar-refractivity contribution in [3.05, 3.63) is 44.2 Å². The Morgan fingerprint density at radius 2 is 2.20 bits per heavy atom. The predicted molar refractivity (Wildman–Crippen MR) is 102 cm³/mol. The first-order chi connectivity index (χ1) is 12.0. The first kappa shape index (κ1) is 18.0. The van der Waals surface area contributed by atoms with Crippen LogP contribution < -0.4 is 15.6 Å². The fourth-order valence-corrected chi connectivity index (χ4v) is 3.96. The number of nitrogens with one attached hydrogen (secondary N) is 2. The maximum atomic E-state index is 12.7. The Bertz CT molecular complexity index is 869. The van der Waals surface area contributed by atoms with Crippen LogP contribution in [0.15, 0.2) is 32.6 Å². The third kappa shape index (κ3) is 3.74. The topological polar surface area (TPSA) is 84.1 Å². The average Bonchev–Trinajstić information content (AvgIpc) is 2.58. The molecule has 3 rings (SSSR count). The van der Waals surface area contributed by atoms with Gasteiger partial charge in [0.05, 0.1) is 12.7 Å². The fourth-order valence-electron chi connectivity index (χ4n) is 2.86. The molecule has 0 bridgehead atoms. The number of hydrogen-bond donors (Lipinski definition) is 2. The molecule has 0 fully saturated rings. The highest BCUT2D eigenvalue weighted by molar-refractivity contribution is 9.10. The largest absolute Gasteiger partial charge is 0.496 e. The van der Waals surface area contributed by atoms with Gasteiger partial charge in [0.15, 0.2) is 5.16 Å². The minimum absolute atomic E-state index is 0.163. The van der Waals surface area contributed by atoms with Crippen molar-refractivity contribution in [2.45, 2.75) is 30.8 Å². The maximum Gasteiger partial charge on any atom is 0.257 e. The molecule has 132 valence electrons. The van der Waals surface area contributed by atoms with Gasteiger partial charge < -0.3 is 15.0 Å². The lowest BCUT2D eigenvalue weighted by Gasteiger charge is -2.25. The molecule has 0 saturated carbocycles. The van der Waals surface area contributed by atoms with Gasteiger partial charge in [-0.15, -0.1) is 0 Å². The van der Waals surface area contributed by atoms with E-state index in [1.165, 1.54) is 11.8 Å². The van der Waals surface area contributed by atoms with E-state index in [9.17, 15) is 9.59 Å². The number of benzene rings is 1. The molecule has 25 heavy (non-hydrogen) atoms. The molecule has 1 aromatic heterocycles. The number of aromatic nitrogens is 2. The lowest BCUT2D eigenvalue weighted by atomic mass is 9.86. The van der Waals surface area contributed by atoms with Gasteiger partial charge >= 0.3 is 0 Å². The highest BCUT2D eigenvalue weighted by atomic mass is 79.9. The lowest BCUT2D eigenvalue weighted by molar-refractivity contribution is -0.116. The number of hydrogen-bond acceptors (Lipinski definition) is 5. The molecule has 1 atom stereocenters. The van der Waals surface area contributed by atoms with Gasteiger partial charge in [0.1, 0.15) is 11.6 Å². The Labute approximate surface area is 157 Å². The van der Waals surface area contributed by atoms with Crippen molar-refractivity contribution in [1.29, 1.82) is 0 Å². The summed E-state index contributed by atoms with van der Waals surface area (Å²) >= 11 is 4.91. The van der Waals surface area contributed by atoms with Crippen LogP contribution in [0.3, 0.4) is 0 Å². The zero-order valence-electron chi connectivity index (χ0n) is 13.9. The first-order valence-electron chi connectivity index (χ1n) is 7.93. The number of H-pyrrole nitrogens is 1. The molecule has 1 amide bonds. The summed E-state index contributed by atoms with van der Waals surface area (Å²) in [5, 5.41) is 3.25. The van der Waals surface area contributed by atoms with E-state index in [-0.39, 0.29) is 17.9 Å². The molecule has 1 aliphatic rings. The van der Waals surface area contributed by atoms with Crippen LogP contribution in [0.5, 0.6) is 5.75 Å². The van der Waals surface area contributed by atoms with E-state index in [4.69, 9.17) is 4.74 Å². The quantitative estimate of drug-likeness (QED) is 0.567. The van der Waals surface area contributed by atoms with Crippen molar-refractivity contribution in [1.82, 2.24) is 9.97 Å². The molecular weight excluding hydrogens is 406 g/mol. The number of aromatic amines is 1. The summed E-state index contributed by atoms with van der Waals surface area (Å²) in [6.07, 6.45) is 1.14. The molecule has 2 aromatic rings. The lowest BCUT2D eigenvalue weighted by Crippen LogP contribution is -2.31.